The lowest BCUT2D eigenvalue weighted by molar-refractivity contribution is 0.130. The first kappa shape index (κ1) is 22.2. The van der Waals surface area contributed by atoms with Gasteiger partial charge in [0.2, 0.25) is 0 Å². The van der Waals surface area contributed by atoms with Crippen LogP contribution in [0.1, 0.15) is 40.0 Å². The Morgan fingerprint density at radius 1 is 0.950 bits per heavy atom. The zero-order valence-electron chi connectivity index (χ0n) is 13.2. The second-order valence-corrected chi connectivity index (χ2v) is 4.20. The van der Waals surface area contributed by atoms with Crippen molar-refractivity contribution < 1.29 is 9.47 Å². The number of nitrogens with zero attached hydrogens (tertiary/aromatic N) is 1. The van der Waals surface area contributed by atoms with Crippen molar-refractivity contribution in [1.82, 2.24) is 10.6 Å². The number of hydrogen-bond acceptors (Lipinski definition) is 3. The summed E-state index contributed by atoms with van der Waals surface area (Å²) in [6.45, 7) is 11.8. The van der Waals surface area contributed by atoms with Gasteiger partial charge in [0.25, 0.3) is 0 Å². The molecule has 0 aromatic carbocycles. The third-order valence-corrected chi connectivity index (χ3v) is 2.45. The normalized spacial score (nSPS) is 11.1. The summed E-state index contributed by atoms with van der Waals surface area (Å²) in [4.78, 5) is 4.49. The summed E-state index contributed by atoms with van der Waals surface area (Å²) in [5.41, 5.74) is 0. The predicted molar refractivity (Wildman–Crippen MR) is 96.2 cm³/mol. The first-order valence-electron chi connectivity index (χ1n) is 7.52. The molecular formula is C14H32IN3O2. The molecule has 0 radical (unpaired) electrons. The molecule has 0 aromatic heterocycles. The lowest BCUT2D eigenvalue weighted by Crippen LogP contribution is -2.39. The molecule has 0 aliphatic carbocycles. The molecule has 20 heavy (non-hydrogen) atoms. The number of guanidine groups is 1. The largest absolute Gasteiger partial charge is 0.381 e. The third kappa shape index (κ3) is 16.0. The fourth-order valence-corrected chi connectivity index (χ4v) is 1.43. The van der Waals surface area contributed by atoms with E-state index in [1.807, 2.05) is 6.92 Å². The molecule has 5 nitrogen and oxygen atoms in total. The number of unbranched alkanes of at least 4 members (excludes halogenated alkanes) is 1. The van der Waals surface area contributed by atoms with Crippen LogP contribution < -0.4 is 10.6 Å². The first-order valence-corrected chi connectivity index (χ1v) is 7.52. The van der Waals surface area contributed by atoms with Gasteiger partial charge in [0, 0.05) is 39.5 Å². The molecule has 0 unspecified atom stereocenters. The van der Waals surface area contributed by atoms with Gasteiger partial charge in [0.15, 0.2) is 5.96 Å². The van der Waals surface area contributed by atoms with Crippen molar-refractivity contribution in [1.29, 1.82) is 0 Å². The van der Waals surface area contributed by atoms with Crippen LogP contribution in [0.5, 0.6) is 0 Å². The standard InChI is InChI=1S/C14H31N3O2.HI/c1-4-7-11-19-12-8-9-16-14(15-5-2)17-10-13-18-6-3;/h4-13H2,1-3H3,(H2,15,16,17);1H. The van der Waals surface area contributed by atoms with Gasteiger partial charge in [-0.1, -0.05) is 13.3 Å². The fourth-order valence-electron chi connectivity index (χ4n) is 1.43. The molecule has 0 saturated carbocycles. The maximum atomic E-state index is 5.50. The van der Waals surface area contributed by atoms with Crippen molar-refractivity contribution >= 4 is 29.9 Å². The van der Waals surface area contributed by atoms with Crippen LogP contribution in [0.2, 0.25) is 0 Å². The van der Waals surface area contributed by atoms with Crippen LogP contribution in [0.25, 0.3) is 0 Å². The zero-order chi connectivity index (χ0) is 14.2. The average Bonchev–Trinajstić information content (AvgIpc) is 2.42. The number of rotatable bonds is 12. The summed E-state index contributed by atoms with van der Waals surface area (Å²) >= 11 is 0. The summed E-state index contributed by atoms with van der Waals surface area (Å²) in [5.74, 6) is 0.857. The Kier molecular flexibility index (Phi) is 21.0. The smallest absolute Gasteiger partial charge is 0.191 e. The highest BCUT2D eigenvalue weighted by Gasteiger charge is 1.96. The highest BCUT2D eigenvalue weighted by molar-refractivity contribution is 14.0. The van der Waals surface area contributed by atoms with E-state index in [-0.39, 0.29) is 24.0 Å². The average molecular weight is 401 g/mol. The number of ether oxygens (including phenoxy) is 2. The Hall–Kier alpha value is -0.0800. The van der Waals surface area contributed by atoms with Gasteiger partial charge in [0.05, 0.1) is 6.61 Å². The van der Waals surface area contributed by atoms with Gasteiger partial charge < -0.3 is 20.1 Å². The zero-order valence-corrected chi connectivity index (χ0v) is 15.6. The van der Waals surface area contributed by atoms with Gasteiger partial charge >= 0.3 is 0 Å². The van der Waals surface area contributed by atoms with E-state index in [0.717, 1.165) is 58.3 Å². The molecule has 0 fully saturated rings. The van der Waals surface area contributed by atoms with Gasteiger partial charge in [-0.15, -0.1) is 24.0 Å². The second-order valence-electron chi connectivity index (χ2n) is 4.20. The number of halogens is 1. The minimum atomic E-state index is 0. The third-order valence-electron chi connectivity index (χ3n) is 2.45. The van der Waals surface area contributed by atoms with Crippen LogP contribution in [0.3, 0.4) is 0 Å². The highest BCUT2D eigenvalue weighted by atomic mass is 127. The highest BCUT2D eigenvalue weighted by Crippen LogP contribution is 1.90. The van der Waals surface area contributed by atoms with Gasteiger partial charge in [-0.2, -0.15) is 0 Å². The summed E-state index contributed by atoms with van der Waals surface area (Å²) < 4.78 is 10.8. The molecule has 0 atom stereocenters. The van der Waals surface area contributed by atoms with Crippen molar-refractivity contribution in [2.45, 2.75) is 40.0 Å². The molecule has 0 amide bonds. The molecule has 0 spiro atoms. The van der Waals surface area contributed by atoms with Crippen molar-refractivity contribution in [2.24, 2.45) is 4.99 Å². The molecule has 0 aliphatic heterocycles. The van der Waals surface area contributed by atoms with Crippen molar-refractivity contribution in [2.75, 3.05) is 46.1 Å². The van der Waals surface area contributed by atoms with Crippen molar-refractivity contribution in [3.63, 3.8) is 0 Å². The topological polar surface area (TPSA) is 54.9 Å². The van der Waals surface area contributed by atoms with E-state index in [1.54, 1.807) is 0 Å². The van der Waals surface area contributed by atoms with Crippen LogP contribution in [0.4, 0.5) is 0 Å². The maximum absolute atomic E-state index is 5.50. The van der Waals surface area contributed by atoms with Gasteiger partial charge in [-0.25, -0.2) is 0 Å². The van der Waals surface area contributed by atoms with E-state index in [2.05, 4.69) is 29.5 Å². The first-order chi connectivity index (χ1) is 9.35. The van der Waals surface area contributed by atoms with Crippen LogP contribution in [0, 0.1) is 0 Å². The van der Waals surface area contributed by atoms with Crippen LogP contribution in [-0.2, 0) is 9.47 Å². The maximum Gasteiger partial charge on any atom is 0.191 e. The molecule has 0 aliphatic rings. The number of hydrogen-bond donors (Lipinski definition) is 2. The second kappa shape index (κ2) is 18.9. The summed E-state index contributed by atoms with van der Waals surface area (Å²) in [6, 6.07) is 0. The molecular weight excluding hydrogens is 369 g/mol. The fraction of sp³-hybridized carbons (Fsp3) is 0.929. The monoisotopic (exact) mass is 401 g/mol. The Balaban J connectivity index is 0. The summed E-state index contributed by atoms with van der Waals surface area (Å²) in [5, 5.41) is 6.45. The van der Waals surface area contributed by atoms with Gasteiger partial charge in [-0.05, 0) is 26.7 Å². The van der Waals surface area contributed by atoms with E-state index in [1.165, 1.54) is 6.42 Å². The molecule has 0 heterocycles. The molecule has 6 heteroatoms. The van der Waals surface area contributed by atoms with E-state index < -0.39 is 0 Å². The van der Waals surface area contributed by atoms with Crippen LogP contribution in [0.15, 0.2) is 4.99 Å². The molecule has 0 saturated heterocycles. The summed E-state index contributed by atoms with van der Waals surface area (Å²) in [7, 11) is 0. The molecule has 0 bridgehead atoms. The lowest BCUT2D eigenvalue weighted by atomic mass is 10.4. The van der Waals surface area contributed by atoms with Crippen molar-refractivity contribution in [3.8, 4) is 0 Å². The molecule has 0 aromatic rings. The van der Waals surface area contributed by atoms with Crippen molar-refractivity contribution in [3.05, 3.63) is 0 Å². The quantitative estimate of drug-likeness (QED) is 0.228. The summed E-state index contributed by atoms with van der Waals surface area (Å²) in [6.07, 6.45) is 3.29. The number of nitrogens with one attached hydrogen (secondary N) is 2. The Labute approximate surface area is 141 Å². The number of aliphatic imine (C=N–C) groups is 1. The van der Waals surface area contributed by atoms with E-state index in [4.69, 9.17) is 9.47 Å². The molecule has 122 valence electrons. The van der Waals surface area contributed by atoms with Crippen LogP contribution >= 0.6 is 24.0 Å². The molecule has 0 rings (SSSR count). The molecule has 2 N–H and O–H groups in total. The van der Waals surface area contributed by atoms with E-state index >= 15 is 0 Å². The SMILES string of the molecule is CCCCOCCCN=C(NCC)NCCOCC.I. The van der Waals surface area contributed by atoms with E-state index in [9.17, 15) is 0 Å². The Bertz CT molecular complexity index is 217. The predicted octanol–water partition coefficient (Wildman–Crippen LogP) is 2.40. The lowest BCUT2D eigenvalue weighted by Gasteiger charge is -2.11. The van der Waals surface area contributed by atoms with Gasteiger partial charge in [-0.3, -0.25) is 4.99 Å². The minimum absolute atomic E-state index is 0. The van der Waals surface area contributed by atoms with Gasteiger partial charge in [0.1, 0.15) is 0 Å². The Morgan fingerprint density at radius 3 is 2.35 bits per heavy atom. The van der Waals surface area contributed by atoms with E-state index in [0.29, 0.717) is 6.61 Å². The Morgan fingerprint density at radius 2 is 1.70 bits per heavy atom. The minimum Gasteiger partial charge on any atom is -0.381 e. The van der Waals surface area contributed by atoms with Crippen LogP contribution in [-0.4, -0.2) is 52.0 Å².